The van der Waals surface area contributed by atoms with Gasteiger partial charge in [0.25, 0.3) is 0 Å². The first-order valence-corrected chi connectivity index (χ1v) is 44.7. The molecule has 0 N–H and O–H groups in total. The van der Waals surface area contributed by atoms with Gasteiger partial charge in [-0.25, -0.2) is 4.98 Å². The molecule has 1 unspecified atom stereocenters. The summed E-state index contributed by atoms with van der Waals surface area (Å²) in [6.07, 6.45) is 0.721. The SMILES string of the molecule is CC1(C)c2ccccc2-c2ccc(N(c3ccc(-c4ccc(Br)cc4)c(-c4ccc5c(c4)C(C)(C)c4cc(N(c6ccc(-c7ccc(Br)cc7)cc6)c6ccc7c(c6)C(C)(Cc6cccc8nc(N(c9ccc(-c%10ccc(Br)cc%10)cc9)c9cccc(-c%10ccccc%10)c9)c9ccccc9c68)c6ccccc6-7)ccc4-5)c3)c3ccc4ccccc4c3)cc21. The molecule has 1 atom stereocenters. The van der Waals surface area contributed by atoms with Crippen LogP contribution in [0, 0.1) is 0 Å². The Kier molecular flexibility index (Phi) is 18.6. The van der Waals surface area contributed by atoms with Crippen LogP contribution in [0.15, 0.2) is 414 Å². The summed E-state index contributed by atoms with van der Waals surface area (Å²) in [5.74, 6) is 0.869. The quantitative estimate of drug-likeness (QED) is 0.0899. The molecule has 0 amide bonds. The summed E-state index contributed by atoms with van der Waals surface area (Å²) in [7, 11) is 0. The largest absolute Gasteiger partial charge is 0.310 e. The van der Waals surface area contributed by atoms with Crippen LogP contribution >= 0.6 is 47.8 Å². The average molecular weight is 1770 g/mol. The van der Waals surface area contributed by atoms with Gasteiger partial charge >= 0.3 is 0 Å². The maximum absolute atomic E-state index is 5.87. The Morgan fingerprint density at radius 1 is 0.236 bits per heavy atom. The zero-order chi connectivity index (χ0) is 83.0. The van der Waals surface area contributed by atoms with E-state index < -0.39 is 10.8 Å². The maximum atomic E-state index is 5.87. The monoisotopic (exact) mass is 1770 g/mol. The van der Waals surface area contributed by atoms with Crippen LogP contribution in [-0.4, -0.2) is 4.98 Å². The molecule has 3 aliphatic rings. The molecule has 0 fully saturated rings. The highest BCUT2D eigenvalue weighted by atomic mass is 79.9. The van der Waals surface area contributed by atoms with E-state index in [1.807, 2.05) is 0 Å². The normalized spacial score (nSPS) is 14.2. The summed E-state index contributed by atoms with van der Waals surface area (Å²) in [5, 5.41) is 5.79. The average Bonchev–Trinajstić information content (AvgIpc) is 1.64. The molecule has 1 aromatic heterocycles. The molecule has 19 aromatic rings. The molecule has 588 valence electrons. The third-order valence-electron chi connectivity index (χ3n) is 26.5. The predicted octanol–water partition coefficient (Wildman–Crippen LogP) is 33.7. The van der Waals surface area contributed by atoms with E-state index in [1.54, 1.807) is 0 Å². The fourth-order valence-corrected chi connectivity index (χ4v) is 21.1. The molecule has 0 bridgehead atoms. The summed E-state index contributed by atoms with van der Waals surface area (Å²) >= 11 is 11.2. The van der Waals surface area contributed by atoms with Crippen LogP contribution in [0.5, 0.6) is 0 Å². The molecule has 0 aliphatic heterocycles. The van der Waals surface area contributed by atoms with E-state index in [2.05, 4.69) is 497 Å². The lowest BCUT2D eigenvalue weighted by Gasteiger charge is -2.32. The van der Waals surface area contributed by atoms with Crippen molar-refractivity contribution >= 4 is 132 Å². The highest BCUT2D eigenvalue weighted by Gasteiger charge is 2.42. The molecule has 1 heterocycles. The summed E-state index contributed by atoms with van der Waals surface area (Å²) in [6, 6.07) is 149. The summed E-state index contributed by atoms with van der Waals surface area (Å²) < 4.78 is 3.15. The van der Waals surface area contributed by atoms with Crippen LogP contribution in [-0.2, 0) is 22.7 Å². The van der Waals surface area contributed by atoms with Gasteiger partial charge < -0.3 is 9.80 Å². The lowest BCUT2D eigenvalue weighted by molar-refractivity contribution is 0.585. The van der Waals surface area contributed by atoms with Gasteiger partial charge in [-0.1, -0.05) is 337 Å². The number of anilines is 9. The number of benzene rings is 18. The summed E-state index contributed by atoms with van der Waals surface area (Å²) in [6.45, 7) is 12.1. The van der Waals surface area contributed by atoms with Crippen LogP contribution in [0.25, 0.3) is 121 Å². The molecular weight excluding hydrogens is 1690 g/mol. The number of hydrogen-bond acceptors (Lipinski definition) is 4. The highest BCUT2D eigenvalue weighted by molar-refractivity contribution is 9.11. The van der Waals surface area contributed by atoms with Gasteiger partial charge in [-0.05, 0) is 296 Å². The zero-order valence-corrected chi connectivity index (χ0v) is 73.5. The van der Waals surface area contributed by atoms with Crippen molar-refractivity contribution in [1.29, 1.82) is 0 Å². The van der Waals surface area contributed by atoms with Crippen molar-refractivity contribution in [2.45, 2.75) is 57.3 Å². The highest BCUT2D eigenvalue weighted by Crippen LogP contribution is 2.58. The Morgan fingerprint density at radius 2 is 0.634 bits per heavy atom. The second-order valence-corrected chi connectivity index (χ2v) is 37.1. The van der Waals surface area contributed by atoms with Crippen molar-refractivity contribution in [2.75, 3.05) is 14.7 Å². The summed E-state index contributed by atoms with van der Waals surface area (Å²) in [5.41, 5.74) is 36.7. The van der Waals surface area contributed by atoms with E-state index >= 15 is 0 Å². The molecule has 123 heavy (non-hydrogen) atoms. The molecule has 0 spiro atoms. The smallest absolute Gasteiger partial charge is 0.146 e. The Labute approximate surface area is 744 Å². The zero-order valence-electron chi connectivity index (χ0n) is 68.7. The van der Waals surface area contributed by atoms with Crippen molar-refractivity contribution in [3.8, 4) is 89.0 Å². The molecule has 4 nitrogen and oxygen atoms in total. The van der Waals surface area contributed by atoms with Crippen LogP contribution in [0.3, 0.4) is 0 Å². The fraction of sp³-hybridized carbons (Fsp3) is 0.0776. The Balaban J connectivity index is 0.657. The maximum Gasteiger partial charge on any atom is 0.146 e. The lowest BCUT2D eigenvalue weighted by atomic mass is 9.74. The molecule has 0 saturated carbocycles. The topological polar surface area (TPSA) is 22.6 Å². The Bertz CT molecular complexity index is 7440. The number of aromatic nitrogens is 1. The van der Waals surface area contributed by atoms with Crippen LogP contribution in [0.1, 0.15) is 73.6 Å². The minimum Gasteiger partial charge on any atom is -0.310 e. The Hall–Kier alpha value is -13.3. The van der Waals surface area contributed by atoms with Crippen molar-refractivity contribution in [2.24, 2.45) is 0 Å². The second kappa shape index (κ2) is 30.1. The third kappa shape index (κ3) is 13.1. The standard InChI is InChI=1S/C116H83Br3N4/c1-114(2)105-30-15-13-26-96(105)99-62-58-93(70-108(99)114)122(90-55-43-74-21-9-10-22-80(74)66-90)91-56-61-95(79-37-49-86(119)50-38-79)104(68-91)82-44-60-98-100-63-57-92(69-109(100)115(3,4)107(98)67-82)121(87-51-39-77(40-52-87)75-33-45-84(117)46-34-75)94-59-64-101-97-27-14-16-31-106(97)116(5,110(101)71-94)72-83-24-18-32-111-112(83)102-28-11-12-29-103(102)113(120-111)123(89-25-17-23-81(65-89)73-19-7-6-8-20-73)88-53-41-78(42-54-88)76-35-47-85(118)48-36-76/h6-71H,72H2,1-5H3. The number of fused-ring (bicyclic) bond motifs is 13. The van der Waals surface area contributed by atoms with Gasteiger partial charge in [-0.2, -0.15) is 0 Å². The van der Waals surface area contributed by atoms with E-state index in [4.69, 9.17) is 4.98 Å². The van der Waals surface area contributed by atoms with Crippen LogP contribution in [0.4, 0.5) is 51.3 Å². The van der Waals surface area contributed by atoms with Gasteiger partial charge in [0.2, 0.25) is 0 Å². The number of pyridine rings is 1. The number of hydrogen-bond donors (Lipinski definition) is 0. The van der Waals surface area contributed by atoms with E-state index in [0.717, 1.165) is 148 Å². The van der Waals surface area contributed by atoms with E-state index in [1.165, 1.54) is 83.1 Å². The van der Waals surface area contributed by atoms with Gasteiger partial charge in [0.1, 0.15) is 5.82 Å². The molecule has 0 radical (unpaired) electrons. The fourth-order valence-electron chi connectivity index (χ4n) is 20.3. The van der Waals surface area contributed by atoms with Crippen molar-refractivity contribution in [1.82, 2.24) is 4.98 Å². The van der Waals surface area contributed by atoms with Crippen molar-refractivity contribution < 1.29 is 0 Å². The van der Waals surface area contributed by atoms with Crippen LogP contribution in [0.2, 0.25) is 0 Å². The van der Waals surface area contributed by atoms with Gasteiger partial charge in [-0.3, -0.25) is 4.90 Å². The second-order valence-electron chi connectivity index (χ2n) is 34.4. The van der Waals surface area contributed by atoms with Crippen molar-refractivity contribution in [3.05, 3.63) is 453 Å². The van der Waals surface area contributed by atoms with Crippen molar-refractivity contribution in [3.63, 3.8) is 0 Å². The van der Waals surface area contributed by atoms with E-state index in [0.29, 0.717) is 0 Å². The van der Waals surface area contributed by atoms with Gasteiger partial charge in [0, 0.05) is 85.9 Å². The predicted molar refractivity (Wildman–Crippen MR) is 528 cm³/mol. The molecule has 7 heteroatoms. The van der Waals surface area contributed by atoms with E-state index in [-0.39, 0.29) is 5.41 Å². The first kappa shape index (κ1) is 75.9. The lowest BCUT2D eigenvalue weighted by Crippen LogP contribution is -2.24. The van der Waals surface area contributed by atoms with Gasteiger partial charge in [-0.15, -0.1) is 0 Å². The number of halogens is 3. The Morgan fingerprint density at radius 3 is 1.26 bits per heavy atom. The minimum absolute atomic E-state index is 0.186. The van der Waals surface area contributed by atoms with Gasteiger partial charge in [0.15, 0.2) is 0 Å². The first-order chi connectivity index (χ1) is 60.0. The molecule has 22 rings (SSSR count). The third-order valence-corrected chi connectivity index (χ3v) is 28.1. The number of nitrogens with zero attached hydrogens (tertiary/aromatic N) is 4. The molecular formula is C116H83Br3N4. The minimum atomic E-state index is -0.482. The van der Waals surface area contributed by atoms with E-state index in [9.17, 15) is 0 Å². The first-order valence-electron chi connectivity index (χ1n) is 42.3. The molecule has 3 aliphatic carbocycles. The van der Waals surface area contributed by atoms with Gasteiger partial charge in [0.05, 0.1) is 5.52 Å². The molecule has 0 saturated heterocycles. The number of rotatable bonds is 16. The summed E-state index contributed by atoms with van der Waals surface area (Å²) in [4.78, 5) is 13.2. The van der Waals surface area contributed by atoms with Crippen LogP contribution < -0.4 is 14.7 Å². The molecule has 18 aromatic carbocycles.